The molecule has 1 unspecified atom stereocenters. The van der Waals surface area contributed by atoms with Crippen LogP contribution < -0.4 is 14.2 Å². The van der Waals surface area contributed by atoms with Crippen molar-refractivity contribution in [2.45, 2.75) is 12.5 Å². The van der Waals surface area contributed by atoms with Crippen LogP contribution in [0.4, 0.5) is 0 Å². The number of ether oxygens (including phenoxy) is 4. The maximum Gasteiger partial charge on any atom is 0.218 e. The summed E-state index contributed by atoms with van der Waals surface area (Å²) in [4.78, 5) is 8.06. The van der Waals surface area contributed by atoms with Crippen molar-refractivity contribution in [3.05, 3.63) is 53.7 Å². The molecule has 0 amide bonds. The molecule has 0 spiro atoms. The molecular weight excluding hydrogens is 344 g/mol. The van der Waals surface area contributed by atoms with Crippen LogP contribution in [-0.2, 0) is 11.2 Å². The Morgan fingerprint density at radius 3 is 2.56 bits per heavy atom. The number of nitrogens with zero attached hydrogens (tertiary/aromatic N) is 1. The molecule has 2 heterocycles. The molecule has 0 radical (unpaired) electrons. The van der Waals surface area contributed by atoms with E-state index in [1.165, 1.54) is 0 Å². The zero-order valence-corrected chi connectivity index (χ0v) is 15.6. The number of aromatic amines is 1. The molecule has 1 aliphatic heterocycles. The van der Waals surface area contributed by atoms with Gasteiger partial charge in [0.05, 0.1) is 38.5 Å². The van der Waals surface area contributed by atoms with Crippen LogP contribution in [-0.4, -0.2) is 44.9 Å². The number of benzene rings is 2. The van der Waals surface area contributed by atoms with Gasteiger partial charge in [-0.3, -0.25) is 0 Å². The first kappa shape index (κ1) is 17.3. The van der Waals surface area contributed by atoms with Crippen LogP contribution in [0.25, 0.3) is 10.9 Å². The van der Waals surface area contributed by atoms with Crippen LogP contribution in [0, 0.1) is 0 Å². The molecule has 1 atom stereocenters. The van der Waals surface area contributed by atoms with E-state index in [0.717, 1.165) is 28.5 Å². The zero-order chi connectivity index (χ0) is 18.8. The quantitative estimate of drug-likeness (QED) is 0.724. The highest BCUT2D eigenvalue weighted by Crippen LogP contribution is 2.38. The lowest BCUT2D eigenvalue weighted by Crippen LogP contribution is -2.10. The Balaban J connectivity index is 1.60. The lowest BCUT2D eigenvalue weighted by Gasteiger charge is -2.14. The van der Waals surface area contributed by atoms with Gasteiger partial charge in [-0.25, -0.2) is 4.99 Å². The number of hydrogen-bond acceptors (Lipinski definition) is 5. The molecule has 3 aromatic rings. The summed E-state index contributed by atoms with van der Waals surface area (Å²) in [6.45, 7) is 0.545. The Bertz CT molecular complexity index is 968. The first-order chi connectivity index (χ1) is 13.2. The molecular formula is C21H22N2O4. The summed E-state index contributed by atoms with van der Waals surface area (Å²) in [6, 6.07) is 12.1. The fourth-order valence-corrected chi connectivity index (χ4v) is 3.46. The largest absolute Gasteiger partial charge is 0.493 e. The second-order valence-corrected chi connectivity index (χ2v) is 6.38. The molecule has 1 aromatic heterocycles. The Morgan fingerprint density at radius 2 is 1.85 bits per heavy atom. The summed E-state index contributed by atoms with van der Waals surface area (Å²) in [7, 11) is 4.84. The molecule has 0 bridgehead atoms. The Hall–Kier alpha value is -3.15. The third kappa shape index (κ3) is 3.18. The van der Waals surface area contributed by atoms with E-state index < -0.39 is 0 Å². The molecule has 2 aromatic carbocycles. The summed E-state index contributed by atoms with van der Waals surface area (Å²) < 4.78 is 22.2. The van der Waals surface area contributed by atoms with E-state index in [1.807, 2.05) is 36.5 Å². The number of H-pyrrole nitrogens is 1. The molecule has 140 valence electrons. The van der Waals surface area contributed by atoms with Crippen molar-refractivity contribution in [1.29, 1.82) is 0 Å². The third-order valence-electron chi connectivity index (χ3n) is 4.73. The highest BCUT2D eigenvalue weighted by Gasteiger charge is 2.23. The van der Waals surface area contributed by atoms with Gasteiger partial charge in [0.2, 0.25) is 11.6 Å². The van der Waals surface area contributed by atoms with Gasteiger partial charge in [0.1, 0.15) is 6.61 Å². The number of aromatic nitrogens is 1. The van der Waals surface area contributed by atoms with Crippen molar-refractivity contribution in [2.24, 2.45) is 4.99 Å². The van der Waals surface area contributed by atoms with E-state index in [2.05, 4.69) is 11.1 Å². The van der Waals surface area contributed by atoms with Crippen molar-refractivity contribution in [1.82, 2.24) is 4.98 Å². The third-order valence-corrected chi connectivity index (χ3v) is 4.73. The number of hydrogen-bond donors (Lipinski definition) is 1. The molecule has 0 aliphatic carbocycles. The minimum atomic E-state index is 0.0352. The number of fused-ring (bicyclic) bond motifs is 1. The van der Waals surface area contributed by atoms with Crippen LogP contribution in [0.15, 0.2) is 47.6 Å². The Morgan fingerprint density at radius 1 is 1.07 bits per heavy atom. The minimum absolute atomic E-state index is 0.0352. The van der Waals surface area contributed by atoms with Crippen molar-refractivity contribution >= 4 is 16.8 Å². The predicted octanol–water partition coefficient (Wildman–Crippen LogP) is 3.58. The monoisotopic (exact) mass is 366 g/mol. The van der Waals surface area contributed by atoms with Gasteiger partial charge < -0.3 is 23.9 Å². The lowest BCUT2D eigenvalue weighted by atomic mass is 10.1. The molecule has 0 saturated heterocycles. The van der Waals surface area contributed by atoms with Gasteiger partial charge in [-0.05, 0) is 36.2 Å². The molecule has 4 rings (SSSR count). The molecule has 1 N–H and O–H groups in total. The first-order valence-corrected chi connectivity index (χ1v) is 8.79. The smallest absolute Gasteiger partial charge is 0.218 e. The molecule has 0 saturated carbocycles. The van der Waals surface area contributed by atoms with Gasteiger partial charge in [-0.2, -0.15) is 0 Å². The Kier molecular flexibility index (Phi) is 4.62. The summed E-state index contributed by atoms with van der Waals surface area (Å²) in [5.41, 5.74) is 3.09. The van der Waals surface area contributed by atoms with E-state index in [-0.39, 0.29) is 6.04 Å². The standard InChI is InChI=1S/C21H22N2O4/c1-24-17-10-13(11-18(25-2)20(17)26-3)9-15-12-27-21(23-15)16-6-4-5-14-7-8-22-19(14)16/h4-8,10-11,15,22H,9,12H2,1-3H3. The fraction of sp³-hybridized carbons (Fsp3) is 0.286. The van der Waals surface area contributed by atoms with Gasteiger partial charge in [0.25, 0.3) is 0 Å². The number of aliphatic imine (C=N–C) groups is 1. The van der Waals surface area contributed by atoms with Gasteiger partial charge in [-0.15, -0.1) is 0 Å². The van der Waals surface area contributed by atoms with Crippen molar-refractivity contribution in [3.63, 3.8) is 0 Å². The van der Waals surface area contributed by atoms with Crippen LogP contribution in [0.1, 0.15) is 11.1 Å². The van der Waals surface area contributed by atoms with Gasteiger partial charge in [0, 0.05) is 11.6 Å². The number of para-hydroxylation sites is 1. The highest BCUT2D eigenvalue weighted by molar-refractivity contribution is 6.06. The molecule has 1 aliphatic rings. The van der Waals surface area contributed by atoms with E-state index >= 15 is 0 Å². The van der Waals surface area contributed by atoms with Gasteiger partial charge >= 0.3 is 0 Å². The lowest BCUT2D eigenvalue weighted by molar-refractivity contribution is 0.314. The van der Waals surface area contributed by atoms with Crippen molar-refractivity contribution < 1.29 is 18.9 Å². The SMILES string of the molecule is COc1cc(CC2COC(c3cccc4cc[nH]c34)=N2)cc(OC)c1OC. The van der Waals surface area contributed by atoms with Crippen LogP contribution in [0.5, 0.6) is 17.2 Å². The number of rotatable bonds is 6. The predicted molar refractivity (Wildman–Crippen MR) is 104 cm³/mol. The van der Waals surface area contributed by atoms with Gasteiger partial charge in [-0.1, -0.05) is 12.1 Å². The van der Waals surface area contributed by atoms with E-state index in [0.29, 0.717) is 29.8 Å². The van der Waals surface area contributed by atoms with Crippen LogP contribution >= 0.6 is 0 Å². The van der Waals surface area contributed by atoms with E-state index in [9.17, 15) is 0 Å². The van der Waals surface area contributed by atoms with Crippen LogP contribution in [0.3, 0.4) is 0 Å². The van der Waals surface area contributed by atoms with Crippen molar-refractivity contribution in [2.75, 3.05) is 27.9 Å². The van der Waals surface area contributed by atoms with Gasteiger partial charge in [0.15, 0.2) is 11.5 Å². The molecule has 6 nitrogen and oxygen atoms in total. The molecule has 0 fully saturated rings. The Labute approximate surface area is 157 Å². The normalized spacial score (nSPS) is 16.1. The highest BCUT2D eigenvalue weighted by atomic mass is 16.5. The average Bonchev–Trinajstić information content (AvgIpc) is 3.36. The summed E-state index contributed by atoms with van der Waals surface area (Å²) >= 11 is 0. The van der Waals surface area contributed by atoms with Crippen LogP contribution in [0.2, 0.25) is 0 Å². The maximum atomic E-state index is 5.90. The maximum absolute atomic E-state index is 5.90. The van der Waals surface area contributed by atoms with E-state index in [1.54, 1.807) is 21.3 Å². The molecule has 6 heteroatoms. The van der Waals surface area contributed by atoms with Crippen molar-refractivity contribution in [3.8, 4) is 17.2 Å². The number of nitrogens with one attached hydrogen (secondary N) is 1. The second-order valence-electron chi connectivity index (χ2n) is 6.38. The minimum Gasteiger partial charge on any atom is -0.493 e. The zero-order valence-electron chi connectivity index (χ0n) is 15.6. The second kappa shape index (κ2) is 7.23. The average molecular weight is 366 g/mol. The number of methoxy groups -OCH3 is 3. The summed E-state index contributed by atoms with van der Waals surface area (Å²) in [5, 5.41) is 1.15. The topological polar surface area (TPSA) is 65.1 Å². The first-order valence-electron chi connectivity index (χ1n) is 8.79. The summed E-state index contributed by atoms with van der Waals surface area (Å²) in [5.74, 6) is 2.56. The fourth-order valence-electron chi connectivity index (χ4n) is 3.46. The summed E-state index contributed by atoms with van der Waals surface area (Å²) in [6.07, 6.45) is 2.65. The molecule has 27 heavy (non-hydrogen) atoms. The van der Waals surface area contributed by atoms with E-state index in [4.69, 9.17) is 23.9 Å².